The summed E-state index contributed by atoms with van der Waals surface area (Å²) >= 11 is 0. The summed E-state index contributed by atoms with van der Waals surface area (Å²) in [5.41, 5.74) is 6.93. The number of carbonyl (C=O) groups is 1. The minimum absolute atomic E-state index is 0.265. The van der Waals surface area contributed by atoms with E-state index in [1.165, 1.54) is 0 Å². The highest BCUT2D eigenvalue weighted by Gasteiger charge is 2.11. The SMILES string of the molecule is NC(=O)c1cn(CCCCCF)c2ccccc12. The fourth-order valence-corrected chi connectivity index (χ4v) is 2.18. The first-order chi connectivity index (χ1) is 8.74. The number of aryl methyl sites for hydroxylation is 1. The number of amides is 1. The Morgan fingerprint density at radius 2 is 2.00 bits per heavy atom. The highest BCUT2D eigenvalue weighted by Crippen LogP contribution is 2.21. The van der Waals surface area contributed by atoms with Crippen LogP contribution in [0.4, 0.5) is 4.39 Å². The van der Waals surface area contributed by atoms with Crippen molar-refractivity contribution in [1.82, 2.24) is 4.57 Å². The maximum atomic E-state index is 12.0. The van der Waals surface area contributed by atoms with Gasteiger partial charge in [0.05, 0.1) is 12.2 Å². The molecule has 2 N–H and O–H groups in total. The molecule has 0 aliphatic rings. The zero-order valence-electron chi connectivity index (χ0n) is 10.2. The number of carbonyl (C=O) groups excluding carboxylic acids is 1. The number of rotatable bonds is 6. The Bertz CT molecular complexity index is 548. The predicted octanol–water partition coefficient (Wildman–Crippen LogP) is 2.88. The van der Waals surface area contributed by atoms with Crippen LogP contribution < -0.4 is 5.73 Å². The third-order valence-electron chi connectivity index (χ3n) is 3.09. The van der Waals surface area contributed by atoms with Gasteiger partial charge in [-0.05, 0) is 25.3 Å². The number of unbranched alkanes of at least 4 members (excludes halogenated alkanes) is 2. The molecule has 0 saturated carbocycles. The number of primary amides is 1. The van der Waals surface area contributed by atoms with Gasteiger partial charge in [0, 0.05) is 23.6 Å². The van der Waals surface area contributed by atoms with E-state index in [0.29, 0.717) is 12.0 Å². The molecule has 0 aliphatic heterocycles. The Balaban J connectivity index is 2.24. The van der Waals surface area contributed by atoms with Crippen molar-refractivity contribution >= 4 is 16.8 Å². The number of benzene rings is 1. The summed E-state index contributed by atoms with van der Waals surface area (Å²) in [5.74, 6) is -0.409. The van der Waals surface area contributed by atoms with Gasteiger partial charge in [0.25, 0.3) is 5.91 Å². The molecule has 0 aliphatic carbocycles. The van der Waals surface area contributed by atoms with Gasteiger partial charge < -0.3 is 10.3 Å². The molecule has 4 heteroatoms. The highest BCUT2D eigenvalue weighted by molar-refractivity contribution is 6.06. The van der Waals surface area contributed by atoms with Crippen LogP contribution >= 0.6 is 0 Å². The monoisotopic (exact) mass is 248 g/mol. The van der Waals surface area contributed by atoms with Crippen molar-refractivity contribution in [1.29, 1.82) is 0 Å². The van der Waals surface area contributed by atoms with Gasteiger partial charge in [-0.1, -0.05) is 18.2 Å². The Morgan fingerprint density at radius 1 is 1.22 bits per heavy atom. The van der Waals surface area contributed by atoms with Crippen LogP contribution in [-0.4, -0.2) is 17.1 Å². The second kappa shape index (κ2) is 5.67. The van der Waals surface area contributed by atoms with Gasteiger partial charge in [-0.15, -0.1) is 0 Å². The van der Waals surface area contributed by atoms with Crippen LogP contribution in [-0.2, 0) is 6.54 Å². The molecular formula is C14H17FN2O. The third kappa shape index (κ3) is 2.53. The Kier molecular flexibility index (Phi) is 3.97. The van der Waals surface area contributed by atoms with Crippen LogP contribution in [0, 0.1) is 0 Å². The lowest BCUT2D eigenvalue weighted by Gasteiger charge is -2.04. The van der Waals surface area contributed by atoms with E-state index in [0.717, 1.165) is 30.3 Å². The molecule has 1 amide bonds. The first-order valence-electron chi connectivity index (χ1n) is 6.17. The van der Waals surface area contributed by atoms with E-state index in [9.17, 15) is 9.18 Å². The second-order valence-electron chi connectivity index (χ2n) is 4.37. The molecule has 3 nitrogen and oxygen atoms in total. The first kappa shape index (κ1) is 12.6. The molecule has 2 aromatic rings. The molecule has 0 fully saturated rings. The fraction of sp³-hybridized carbons (Fsp3) is 0.357. The molecule has 1 aromatic carbocycles. The second-order valence-corrected chi connectivity index (χ2v) is 4.37. The Hall–Kier alpha value is -1.84. The van der Waals surface area contributed by atoms with Crippen LogP contribution in [0.2, 0.25) is 0 Å². The van der Waals surface area contributed by atoms with Gasteiger partial charge in [-0.2, -0.15) is 0 Å². The van der Waals surface area contributed by atoms with E-state index in [-0.39, 0.29) is 6.67 Å². The van der Waals surface area contributed by atoms with Crippen LogP contribution in [0.3, 0.4) is 0 Å². The van der Waals surface area contributed by atoms with Gasteiger partial charge in [0.1, 0.15) is 0 Å². The smallest absolute Gasteiger partial charge is 0.250 e. The van der Waals surface area contributed by atoms with Crippen molar-refractivity contribution in [2.45, 2.75) is 25.8 Å². The molecule has 2 rings (SSSR count). The van der Waals surface area contributed by atoms with Gasteiger partial charge in [0.2, 0.25) is 0 Å². The maximum absolute atomic E-state index is 12.0. The first-order valence-corrected chi connectivity index (χ1v) is 6.17. The summed E-state index contributed by atoms with van der Waals surface area (Å²) in [5, 5.41) is 0.885. The molecular weight excluding hydrogens is 231 g/mol. The molecule has 1 aromatic heterocycles. The minimum Gasteiger partial charge on any atom is -0.366 e. The van der Waals surface area contributed by atoms with E-state index in [2.05, 4.69) is 0 Å². The molecule has 0 atom stereocenters. The van der Waals surface area contributed by atoms with Crippen LogP contribution in [0.15, 0.2) is 30.5 Å². The van der Waals surface area contributed by atoms with Gasteiger partial charge in [-0.25, -0.2) is 0 Å². The van der Waals surface area contributed by atoms with Crippen LogP contribution in [0.5, 0.6) is 0 Å². The van der Waals surface area contributed by atoms with Crippen molar-refractivity contribution in [2.24, 2.45) is 5.73 Å². The predicted molar refractivity (Wildman–Crippen MR) is 70.3 cm³/mol. The summed E-state index contributed by atoms with van der Waals surface area (Å²) in [4.78, 5) is 11.4. The van der Waals surface area contributed by atoms with Crippen LogP contribution in [0.1, 0.15) is 29.6 Å². The zero-order chi connectivity index (χ0) is 13.0. The number of fused-ring (bicyclic) bond motifs is 1. The number of hydrogen-bond donors (Lipinski definition) is 1. The normalized spacial score (nSPS) is 10.9. The number of aromatic nitrogens is 1. The molecule has 0 spiro atoms. The number of nitrogens with zero attached hydrogens (tertiary/aromatic N) is 1. The standard InChI is InChI=1S/C14H17FN2O/c15-8-4-1-5-9-17-10-12(14(16)18)11-6-2-3-7-13(11)17/h2-3,6-7,10H,1,4-5,8-9H2,(H2,16,18). The maximum Gasteiger partial charge on any atom is 0.250 e. The summed E-state index contributed by atoms with van der Waals surface area (Å²) in [6, 6.07) is 7.69. The molecule has 1 heterocycles. The van der Waals surface area contributed by atoms with E-state index in [4.69, 9.17) is 5.73 Å². The summed E-state index contributed by atoms with van der Waals surface area (Å²) in [6.07, 6.45) is 4.15. The van der Waals surface area contributed by atoms with E-state index < -0.39 is 5.91 Å². The van der Waals surface area contributed by atoms with Crippen molar-refractivity contribution in [3.63, 3.8) is 0 Å². The van der Waals surface area contributed by atoms with E-state index in [1.807, 2.05) is 28.8 Å². The van der Waals surface area contributed by atoms with Crippen molar-refractivity contribution in [3.8, 4) is 0 Å². The van der Waals surface area contributed by atoms with Gasteiger partial charge in [-0.3, -0.25) is 9.18 Å². The highest BCUT2D eigenvalue weighted by atomic mass is 19.1. The largest absolute Gasteiger partial charge is 0.366 e. The molecule has 96 valence electrons. The zero-order valence-corrected chi connectivity index (χ0v) is 10.2. The van der Waals surface area contributed by atoms with Crippen molar-refractivity contribution in [2.75, 3.05) is 6.67 Å². The average molecular weight is 248 g/mol. The summed E-state index contributed by atoms with van der Waals surface area (Å²) < 4.78 is 14.0. The van der Waals surface area contributed by atoms with Crippen LogP contribution in [0.25, 0.3) is 10.9 Å². The summed E-state index contributed by atoms with van der Waals surface area (Å²) in [7, 11) is 0. The lowest BCUT2D eigenvalue weighted by atomic mass is 10.2. The molecule has 18 heavy (non-hydrogen) atoms. The molecule has 0 bridgehead atoms. The topological polar surface area (TPSA) is 48.0 Å². The molecule has 0 radical (unpaired) electrons. The van der Waals surface area contributed by atoms with Gasteiger partial charge >= 0.3 is 0 Å². The minimum atomic E-state index is -0.409. The number of nitrogens with two attached hydrogens (primary N) is 1. The lowest BCUT2D eigenvalue weighted by molar-refractivity contribution is 0.100. The number of hydrogen-bond acceptors (Lipinski definition) is 1. The number of halogens is 1. The quantitative estimate of drug-likeness (QED) is 0.785. The molecule has 0 unspecified atom stereocenters. The van der Waals surface area contributed by atoms with E-state index in [1.54, 1.807) is 6.20 Å². The van der Waals surface area contributed by atoms with Crippen molar-refractivity contribution < 1.29 is 9.18 Å². The van der Waals surface area contributed by atoms with E-state index >= 15 is 0 Å². The average Bonchev–Trinajstić information content (AvgIpc) is 2.74. The van der Waals surface area contributed by atoms with Gasteiger partial charge in [0.15, 0.2) is 0 Å². The third-order valence-corrected chi connectivity index (χ3v) is 3.09. The number of alkyl halides is 1. The Morgan fingerprint density at radius 3 is 2.72 bits per heavy atom. The number of para-hydroxylation sites is 1. The molecule has 0 saturated heterocycles. The summed E-state index contributed by atoms with van der Waals surface area (Å²) in [6.45, 7) is 0.521. The lowest BCUT2D eigenvalue weighted by Crippen LogP contribution is -2.10. The Labute approximate surface area is 105 Å². The van der Waals surface area contributed by atoms with Crippen molar-refractivity contribution in [3.05, 3.63) is 36.0 Å². The fourth-order valence-electron chi connectivity index (χ4n) is 2.18.